The topological polar surface area (TPSA) is 33.0 Å². The van der Waals surface area contributed by atoms with E-state index in [0.717, 1.165) is 19.4 Å². The highest BCUT2D eigenvalue weighted by Crippen LogP contribution is 2.58. The molecule has 1 fully saturated rings. The number of ether oxygens (including phenoxy) is 1. The van der Waals surface area contributed by atoms with E-state index in [1.807, 2.05) is 0 Å². The van der Waals surface area contributed by atoms with Gasteiger partial charge in [-0.25, -0.2) is 0 Å². The van der Waals surface area contributed by atoms with Crippen LogP contribution in [-0.2, 0) is 4.74 Å². The fraction of sp³-hybridized carbons (Fsp3) is 0.900. The molecule has 2 nitrogen and oxygen atoms in total. The second-order valence-electron chi connectivity index (χ2n) is 3.99. The van der Waals surface area contributed by atoms with Gasteiger partial charge in [0, 0.05) is 13.7 Å². The molecule has 0 unspecified atom stereocenters. The quantitative estimate of drug-likeness (QED) is 0.643. The summed E-state index contributed by atoms with van der Waals surface area (Å²) in [6, 6.07) is 2.46. The number of nitriles is 1. The fourth-order valence-electron chi connectivity index (χ4n) is 1.94. The van der Waals surface area contributed by atoms with Gasteiger partial charge in [0.25, 0.3) is 0 Å². The van der Waals surface area contributed by atoms with Gasteiger partial charge in [-0.2, -0.15) is 5.26 Å². The highest BCUT2D eigenvalue weighted by Gasteiger charge is 2.56. The van der Waals surface area contributed by atoms with E-state index in [1.165, 1.54) is 0 Å². The van der Waals surface area contributed by atoms with Gasteiger partial charge in [-0.15, -0.1) is 0 Å². The fourth-order valence-corrected chi connectivity index (χ4v) is 1.94. The van der Waals surface area contributed by atoms with Crippen LogP contribution in [0, 0.1) is 28.6 Å². The molecule has 0 N–H and O–H groups in total. The van der Waals surface area contributed by atoms with Crippen molar-refractivity contribution in [1.29, 1.82) is 5.26 Å². The molecule has 1 saturated carbocycles. The van der Waals surface area contributed by atoms with Crippen molar-refractivity contribution in [2.75, 3.05) is 13.7 Å². The molecule has 0 bridgehead atoms. The zero-order valence-corrected chi connectivity index (χ0v) is 8.13. The maximum Gasteiger partial charge on any atom is 0.0695 e. The molecule has 2 heteroatoms. The third kappa shape index (κ3) is 1.47. The van der Waals surface area contributed by atoms with Gasteiger partial charge in [0.2, 0.25) is 0 Å². The summed E-state index contributed by atoms with van der Waals surface area (Å²) in [7, 11) is 1.71. The molecule has 1 aliphatic carbocycles. The number of rotatable bonds is 4. The first-order chi connectivity index (χ1) is 5.67. The number of hydrogen-bond acceptors (Lipinski definition) is 2. The number of methoxy groups -OCH3 is 1. The van der Waals surface area contributed by atoms with Gasteiger partial charge in [-0.05, 0) is 24.7 Å². The van der Waals surface area contributed by atoms with Crippen LogP contribution in [0.25, 0.3) is 0 Å². The molecule has 0 saturated heterocycles. The van der Waals surface area contributed by atoms with Crippen LogP contribution in [0.5, 0.6) is 0 Å². The van der Waals surface area contributed by atoms with Gasteiger partial charge in [0.1, 0.15) is 0 Å². The first-order valence-electron chi connectivity index (χ1n) is 4.57. The molecule has 12 heavy (non-hydrogen) atoms. The third-order valence-electron chi connectivity index (χ3n) is 3.06. The summed E-state index contributed by atoms with van der Waals surface area (Å²) in [6.07, 6.45) is 2.12. The van der Waals surface area contributed by atoms with Gasteiger partial charge in [-0.1, -0.05) is 13.8 Å². The lowest BCUT2D eigenvalue weighted by Gasteiger charge is -2.12. The smallest absolute Gasteiger partial charge is 0.0695 e. The van der Waals surface area contributed by atoms with Crippen LogP contribution >= 0.6 is 0 Å². The van der Waals surface area contributed by atoms with Crippen LogP contribution in [0.1, 0.15) is 26.7 Å². The molecule has 0 aromatic carbocycles. The molecule has 0 aromatic rings. The van der Waals surface area contributed by atoms with E-state index >= 15 is 0 Å². The molecule has 0 aromatic heterocycles. The molecule has 0 heterocycles. The third-order valence-corrected chi connectivity index (χ3v) is 3.06. The summed E-state index contributed by atoms with van der Waals surface area (Å²) >= 11 is 0. The second-order valence-corrected chi connectivity index (χ2v) is 3.99. The predicted molar refractivity (Wildman–Crippen MR) is 47.5 cm³/mol. The molecule has 0 amide bonds. The van der Waals surface area contributed by atoms with Crippen molar-refractivity contribution < 1.29 is 4.74 Å². The van der Waals surface area contributed by atoms with Gasteiger partial charge in [0.05, 0.1) is 11.5 Å². The van der Waals surface area contributed by atoms with Crippen LogP contribution in [0.4, 0.5) is 0 Å². The van der Waals surface area contributed by atoms with Crippen LogP contribution in [0.3, 0.4) is 0 Å². The molecule has 2 atom stereocenters. The molecular weight excluding hydrogens is 150 g/mol. The van der Waals surface area contributed by atoms with Crippen molar-refractivity contribution >= 4 is 0 Å². The molecule has 1 aliphatic rings. The Morgan fingerprint density at radius 1 is 1.67 bits per heavy atom. The van der Waals surface area contributed by atoms with Crippen molar-refractivity contribution in [3.8, 4) is 6.07 Å². The van der Waals surface area contributed by atoms with Crippen molar-refractivity contribution in [3.05, 3.63) is 0 Å². The Hall–Kier alpha value is -0.550. The van der Waals surface area contributed by atoms with E-state index in [1.54, 1.807) is 7.11 Å². The molecular formula is C10H17NO. The van der Waals surface area contributed by atoms with Crippen molar-refractivity contribution in [3.63, 3.8) is 0 Å². The summed E-state index contributed by atoms with van der Waals surface area (Å²) in [5.74, 6) is 1.08. The zero-order valence-electron chi connectivity index (χ0n) is 8.13. The SMILES string of the molecule is COCC[C@@H]1C[C@]1(C#N)C(C)C. The average Bonchev–Trinajstić information content (AvgIpc) is 2.76. The molecule has 0 spiro atoms. The maximum absolute atomic E-state index is 9.01. The summed E-state index contributed by atoms with van der Waals surface area (Å²) < 4.78 is 5.00. The lowest BCUT2D eigenvalue weighted by Crippen LogP contribution is -2.10. The predicted octanol–water partition coefficient (Wildman–Crippen LogP) is 2.21. The van der Waals surface area contributed by atoms with Crippen molar-refractivity contribution in [1.82, 2.24) is 0 Å². The van der Waals surface area contributed by atoms with Crippen LogP contribution in [-0.4, -0.2) is 13.7 Å². The summed E-state index contributed by atoms with van der Waals surface area (Å²) in [4.78, 5) is 0. The van der Waals surface area contributed by atoms with E-state index < -0.39 is 0 Å². The van der Waals surface area contributed by atoms with Crippen LogP contribution < -0.4 is 0 Å². The van der Waals surface area contributed by atoms with E-state index in [4.69, 9.17) is 10.00 Å². The van der Waals surface area contributed by atoms with E-state index in [0.29, 0.717) is 11.8 Å². The number of nitrogens with zero attached hydrogens (tertiary/aromatic N) is 1. The minimum atomic E-state index is -0.0153. The van der Waals surface area contributed by atoms with E-state index in [9.17, 15) is 0 Å². The highest BCUT2D eigenvalue weighted by molar-refractivity contribution is 5.17. The van der Waals surface area contributed by atoms with Crippen molar-refractivity contribution in [2.45, 2.75) is 26.7 Å². The van der Waals surface area contributed by atoms with E-state index in [-0.39, 0.29) is 5.41 Å². The Bertz CT molecular complexity index is 195. The Labute approximate surface area is 74.5 Å². The maximum atomic E-state index is 9.01. The van der Waals surface area contributed by atoms with Gasteiger partial charge < -0.3 is 4.74 Å². The Balaban J connectivity index is 2.41. The molecule has 0 aliphatic heterocycles. The first kappa shape index (κ1) is 9.54. The van der Waals surface area contributed by atoms with Gasteiger partial charge in [0.15, 0.2) is 0 Å². The lowest BCUT2D eigenvalue weighted by molar-refractivity contribution is 0.184. The highest BCUT2D eigenvalue weighted by atomic mass is 16.5. The van der Waals surface area contributed by atoms with Crippen LogP contribution in [0.2, 0.25) is 0 Å². The minimum absolute atomic E-state index is 0.0153. The van der Waals surface area contributed by atoms with E-state index in [2.05, 4.69) is 19.9 Å². The summed E-state index contributed by atoms with van der Waals surface area (Å²) in [5, 5.41) is 9.01. The average molecular weight is 167 g/mol. The Kier molecular flexibility index (Phi) is 2.74. The monoisotopic (exact) mass is 167 g/mol. The van der Waals surface area contributed by atoms with Gasteiger partial charge >= 0.3 is 0 Å². The first-order valence-corrected chi connectivity index (χ1v) is 4.57. The van der Waals surface area contributed by atoms with Gasteiger partial charge in [-0.3, -0.25) is 0 Å². The number of hydrogen-bond donors (Lipinski definition) is 0. The summed E-state index contributed by atoms with van der Waals surface area (Å²) in [5.41, 5.74) is -0.0153. The Morgan fingerprint density at radius 3 is 2.67 bits per heavy atom. The van der Waals surface area contributed by atoms with Crippen LogP contribution in [0.15, 0.2) is 0 Å². The largest absolute Gasteiger partial charge is 0.385 e. The normalized spacial score (nSPS) is 33.4. The summed E-state index contributed by atoms with van der Waals surface area (Å²) in [6.45, 7) is 5.06. The zero-order chi connectivity index (χ0) is 9.19. The lowest BCUT2D eigenvalue weighted by atomic mass is 9.91. The minimum Gasteiger partial charge on any atom is -0.385 e. The second kappa shape index (κ2) is 3.45. The Morgan fingerprint density at radius 2 is 2.33 bits per heavy atom. The van der Waals surface area contributed by atoms with Crippen molar-refractivity contribution in [2.24, 2.45) is 17.3 Å². The molecule has 0 radical (unpaired) electrons. The standard InChI is InChI=1S/C10H17NO/c1-8(2)10(7-11)6-9(10)4-5-12-3/h8-9H,4-6H2,1-3H3/t9-,10+/m1/s1. The molecule has 68 valence electrons. The molecule has 1 rings (SSSR count).